The van der Waals surface area contributed by atoms with E-state index in [1.54, 1.807) is 31.3 Å². The minimum atomic E-state index is -0.770. The molecule has 26 heavy (non-hydrogen) atoms. The maximum Gasteiger partial charge on any atom is 0.266 e. The van der Waals surface area contributed by atoms with E-state index in [1.165, 1.54) is 11.3 Å². The molecule has 1 amide bonds. The molecule has 0 spiro atoms. The predicted molar refractivity (Wildman–Crippen MR) is 105 cm³/mol. The molecule has 0 saturated heterocycles. The van der Waals surface area contributed by atoms with Crippen LogP contribution in [-0.4, -0.2) is 22.0 Å². The van der Waals surface area contributed by atoms with Gasteiger partial charge in [-0.2, -0.15) is 0 Å². The van der Waals surface area contributed by atoms with Crippen molar-refractivity contribution in [1.29, 1.82) is 0 Å². The van der Waals surface area contributed by atoms with Crippen LogP contribution in [0.2, 0.25) is 10.0 Å². The highest BCUT2D eigenvalue weighted by atomic mass is 35.5. The Kier molecular flexibility index (Phi) is 5.76. The quantitative estimate of drug-likeness (QED) is 0.628. The highest BCUT2D eigenvalue weighted by molar-refractivity contribution is 7.19. The molecule has 0 radical (unpaired) electrons. The molecule has 1 unspecified atom stereocenters. The van der Waals surface area contributed by atoms with Gasteiger partial charge in [0.05, 0.1) is 21.3 Å². The van der Waals surface area contributed by atoms with E-state index >= 15 is 0 Å². The first-order valence-electron chi connectivity index (χ1n) is 7.76. The van der Waals surface area contributed by atoms with E-state index in [4.69, 9.17) is 27.9 Å². The number of aryl methyl sites for hydroxylation is 1. The topological polar surface area (TPSA) is 64.1 Å². The molecule has 0 fully saturated rings. The Labute approximate surface area is 165 Å². The number of hydrogen-bond acceptors (Lipinski definition) is 5. The van der Waals surface area contributed by atoms with Gasteiger partial charge in [0.25, 0.3) is 5.91 Å². The van der Waals surface area contributed by atoms with E-state index in [0.717, 1.165) is 16.3 Å². The summed E-state index contributed by atoms with van der Waals surface area (Å²) >= 11 is 13.4. The molecule has 0 aliphatic carbocycles. The number of benzene rings is 1. The number of pyridine rings is 1. The Morgan fingerprint density at radius 2 is 2.04 bits per heavy atom. The Hall–Kier alpha value is -2.15. The number of carbonyl (C=O) groups is 1. The lowest BCUT2D eigenvalue weighted by Crippen LogP contribution is -2.30. The normalized spacial score (nSPS) is 11.8. The first-order valence-corrected chi connectivity index (χ1v) is 9.33. The summed E-state index contributed by atoms with van der Waals surface area (Å²) in [5.74, 6) is 0.0219. The van der Waals surface area contributed by atoms with Gasteiger partial charge in [0.15, 0.2) is 11.2 Å². The molecular weight excluding hydrogens is 393 g/mol. The number of rotatable bonds is 5. The second-order valence-electron chi connectivity index (χ2n) is 5.45. The molecule has 134 valence electrons. The van der Waals surface area contributed by atoms with Crippen LogP contribution in [0.3, 0.4) is 0 Å². The number of nitrogens with zero attached hydrogens (tertiary/aromatic N) is 2. The Balaban J connectivity index is 1.71. The minimum absolute atomic E-state index is 0.274. The number of anilines is 1. The average molecular weight is 408 g/mol. The number of amides is 1. The fraction of sp³-hybridized carbons (Fsp3) is 0.167. The van der Waals surface area contributed by atoms with Crippen molar-refractivity contribution in [3.8, 4) is 16.3 Å². The van der Waals surface area contributed by atoms with Crippen molar-refractivity contribution < 1.29 is 9.53 Å². The standard InChI is InChI=1S/C18H15Cl2N3O2S/c1-10-16(13-7-3-4-9-21-13)26-18(22-10)23-17(24)11(2)25-14-8-5-6-12(19)15(14)20/h3-9,11H,1-2H3,(H,22,23,24). The maximum absolute atomic E-state index is 12.4. The van der Waals surface area contributed by atoms with Crippen molar-refractivity contribution >= 4 is 45.6 Å². The molecule has 0 bridgehead atoms. The zero-order valence-electron chi connectivity index (χ0n) is 14.0. The average Bonchev–Trinajstić information content (AvgIpc) is 2.99. The highest BCUT2D eigenvalue weighted by Gasteiger charge is 2.19. The summed E-state index contributed by atoms with van der Waals surface area (Å²) in [6.07, 6.45) is 0.950. The van der Waals surface area contributed by atoms with Crippen molar-refractivity contribution in [3.63, 3.8) is 0 Å². The monoisotopic (exact) mass is 407 g/mol. The summed E-state index contributed by atoms with van der Waals surface area (Å²) < 4.78 is 5.62. The molecule has 2 aromatic heterocycles. The molecule has 1 atom stereocenters. The van der Waals surface area contributed by atoms with Crippen LogP contribution in [-0.2, 0) is 4.79 Å². The fourth-order valence-electron chi connectivity index (χ4n) is 2.21. The first kappa shape index (κ1) is 18.6. The lowest BCUT2D eigenvalue weighted by Gasteiger charge is -2.15. The molecule has 1 N–H and O–H groups in total. The molecule has 8 heteroatoms. The summed E-state index contributed by atoms with van der Waals surface area (Å²) in [5, 5.41) is 3.90. The molecule has 0 saturated carbocycles. The number of hydrogen-bond donors (Lipinski definition) is 1. The molecular formula is C18H15Cl2N3O2S. The zero-order chi connectivity index (χ0) is 18.7. The van der Waals surface area contributed by atoms with Crippen LogP contribution in [0.1, 0.15) is 12.6 Å². The molecule has 0 aliphatic heterocycles. The summed E-state index contributed by atoms with van der Waals surface area (Å²) in [7, 11) is 0. The van der Waals surface area contributed by atoms with Crippen molar-refractivity contribution in [2.45, 2.75) is 20.0 Å². The molecule has 0 aliphatic rings. The Bertz CT molecular complexity index is 931. The SMILES string of the molecule is Cc1nc(NC(=O)C(C)Oc2cccc(Cl)c2Cl)sc1-c1ccccn1. The lowest BCUT2D eigenvalue weighted by molar-refractivity contribution is -0.122. The maximum atomic E-state index is 12.4. The van der Waals surface area contributed by atoms with Gasteiger partial charge in [0.1, 0.15) is 10.8 Å². The van der Waals surface area contributed by atoms with Gasteiger partial charge in [-0.15, -0.1) is 0 Å². The third-order valence-electron chi connectivity index (χ3n) is 3.51. The summed E-state index contributed by atoms with van der Waals surface area (Å²) in [4.78, 5) is 22.0. The van der Waals surface area contributed by atoms with Crippen molar-refractivity contribution in [1.82, 2.24) is 9.97 Å². The third kappa shape index (κ3) is 4.15. The van der Waals surface area contributed by atoms with Crippen LogP contribution in [0.25, 0.3) is 10.6 Å². The lowest BCUT2D eigenvalue weighted by atomic mass is 10.3. The highest BCUT2D eigenvalue weighted by Crippen LogP contribution is 2.33. The van der Waals surface area contributed by atoms with E-state index in [9.17, 15) is 4.79 Å². The van der Waals surface area contributed by atoms with E-state index in [-0.39, 0.29) is 10.9 Å². The summed E-state index contributed by atoms with van der Waals surface area (Å²) in [6, 6.07) is 10.7. The van der Waals surface area contributed by atoms with Gasteiger partial charge in [-0.25, -0.2) is 4.98 Å². The second-order valence-corrected chi connectivity index (χ2v) is 7.23. The van der Waals surface area contributed by atoms with Gasteiger partial charge >= 0.3 is 0 Å². The van der Waals surface area contributed by atoms with E-state index in [1.807, 2.05) is 25.1 Å². The predicted octanol–water partition coefficient (Wildman–Crippen LogP) is 5.23. The van der Waals surface area contributed by atoms with Gasteiger partial charge < -0.3 is 4.74 Å². The molecule has 5 nitrogen and oxygen atoms in total. The van der Waals surface area contributed by atoms with Crippen LogP contribution >= 0.6 is 34.5 Å². The van der Waals surface area contributed by atoms with Gasteiger partial charge in [0, 0.05) is 6.20 Å². The smallest absolute Gasteiger partial charge is 0.266 e. The van der Waals surface area contributed by atoms with Crippen molar-refractivity contribution in [3.05, 3.63) is 58.3 Å². The summed E-state index contributed by atoms with van der Waals surface area (Å²) in [5.41, 5.74) is 1.62. The van der Waals surface area contributed by atoms with Crippen LogP contribution in [0.4, 0.5) is 5.13 Å². The van der Waals surface area contributed by atoms with Crippen molar-refractivity contribution in [2.24, 2.45) is 0 Å². The number of aromatic nitrogens is 2. The molecule has 3 rings (SSSR count). The summed E-state index contributed by atoms with van der Waals surface area (Å²) in [6.45, 7) is 3.51. The van der Waals surface area contributed by atoms with Gasteiger partial charge in [-0.3, -0.25) is 15.1 Å². The number of nitrogens with one attached hydrogen (secondary N) is 1. The van der Waals surface area contributed by atoms with E-state index in [0.29, 0.717) is 15.9 Å². The van der Waals surface area contributed by atoms with Crippen LogP contribution in [0, 0.1) is 6.92 Å². The number of thiazole rings is 1. The number of halogens is 2. The van der Waals surface area contributed by atoms with Gasteiger partial charge in [-0.05, 0) is 38.1 Å². The fourth-order valence-corrected chi connectivity index (χ4v) is 3.49. The van der Waals surface area contributed by atoms with E-state index < -0.39 is 6.10 Å². The zero-order valence-corrected chi connectivity index (χ0v) is 16.3. The minimum Gasteiger partial charge on any atom is -0.479 e. The van der Waals surface area contributed by atoms with Gasteiger partial charge in [-0.1, -0.05) is 46.7 Å². The second kappa shape index (κ2) is 8.03. The van der Waals surface area contributed by atoms with Crippen LogP contribution in [0.5, 0.6) is 5.75 Å². The van der Waals surface area contributed by atoms with Gasteiger partial charge in [0.2, 0.25) is 0 Å². The van der Waals surface area contributed by atoms with E-state index in [2.05, 4.69) is 15.3 Å². The van der Waals surface area contributed by atoms with Crippen LogP contribution < -0.4 is 10.1 Å². The first-order chi connectivity index (χ1) is 12.5. The molecule has 3 aromatic rings. The molecule has 2 heterocycles. The molecule has 1 aromatic carbocycles. The van der Waals surface area contributed by atoms with Crippen LogP contribution in [0.15, 0.2) is 42.6 Å². The number of carbonyl (C=O) groups excluding carboxylic acids is 1. The third-order valence-corrected chi connectivity index (χ3v) is 5.41. The Morgan fingerprint density at radius 3 is 2.77 bits per heavy atom. The number of ether oxygens (including phenoxy) is 1. The largest absolute Gasteiger partial charge is 0.479 e. The Morgan fingerprint density at radius 1 is 1.23 bits per heavy atom. The van der Waals surface area contributed by atoms with Crippen molar-refractivity contribution in [2.75, 3.05) is 5.32 Å².